The van der Waals surface area contributed by atoms with E-state index in [1.165, 1.54) is 24.3 Å². The van der Waals surface area contributed by atoms with Crippen molar-refractivity contribution in [3.05, 3.63) is 65.7 Å². The highest BCUT2D eigenvalue weighted by Gasteiger charge is 2.34. The monoisotopic (exact) mass is 972 g/mol. The number of carboxylic acids is 2. The number of carbonyl (C=O) groups is 11. The number of carboxylic acid groups (broad SMARTS) is 2. The van der Waals surface area contributed by atoms with Gasteiger partial charge in [-0.1, -0.05) is 62.7 Å². The topological polar surface area (TPSA) is 437 Å². The number of phenolic OH excluding ortho intramolecular Hbond substituents is 1. The number of carbonyl (C=O) groups excluding carboxylic acids is 9. The molecule has 0 fully saturated rings. The van der Waals surface area contributed by atoms with Gasteiger partial charge in [0.25, 0.3) is 0 Å². The lowest BCUT2D eigenvalue weighted by Gasteiger charge is -2.27. The third-order valence-corrected chi connectivity index (χ3v) is 10.2. The fraction of sp³-hybridized carbons (Fsp3) is 0.465. The smallest absolute Gasteiger partial charge is 0.326 e. The standard InChI is InChI=1S/C43H60N10O16/c1-4-21(2)35(53-39(64)28(16-31(45)57)49-40(65)30(20-54)51-37(62)26(44)14-24-10-12-25(56)13-11-24)41(66)46-19-33(59)52-36(22(3)55)42(67)47-18-32(58)48-27(15-23-8-6-5-7-9-23)38(63)50-29(43(68)69)17-34(60)61/h5-13,21-22,26-30,35-36,54-56H,4,14-20,44H2,1-3H3,(H2,45,57)(H,46,66)(H,47,67)(H,48,58)(H,49,65)(H,50,63)(H,51,62)(H,52,59)(H,53,64)(H,60,61)(H,68,69)/t21-,22+,26-,27-,28-,29-,30-,35-,36-/m0/s1. The average Bonchev–Trinajstić information content (AvgIpc) is 3.29. The van der Waals surface area contributed by atoms with Crippen LogP contribution in [-0.4, -0.2) is 159 Å². The van der Waals surface area contributed by atoms with Gasteiger partial charge in [0.2, 0.25) is 53.2 Å². The fourth-order valence-corrected chi connectivity index (χ4v) is 6.23. The van der Waals surface area contributed by atoms with Crippen LogP contribution in [0.5, 0.6) is 5.75 Å². The summed E-state index contributed by atoms with van der Waals surface area (Å²) in [6, 6.07) is 2.91. The minimum Gasteiger partial charge on any atom is -0.508 e. The molecule has 0 heterocycles. The van der Waals surface area contributed by atoms with Crippen molar-refractivity contribution in [2.24, 2.45) is 17.4 Å². The maximum atomic E-state index is 13.5. The number of nitrogens with two attached hydrogens (primary N) is 2. The third kappa shape index (κ3) is 20.4. The highest BCUT2D eigenvalue weighted by molar-refractivity contribution is 5.98. The van der Waals surface area contributed by atoms with Crippen molar-refractivity contribution in [1.82, 2.24) is 42.5 Å². The van der Waals surface area contributed by atoms with Crippen LogP contribution in [-0.2, 0) is 65.6 Å². The van der Waals surface area contributed by atoms with Gasteiger partial charge in [0.15, 0.2) is 0 Å². The van der Waals surface area contributed by atoms with Crippen LogP contribution < -0.4 is 54.0 Å². The van der Waals surface area contributed by atoms with Gasteiger partial charge in [0.1, 0.15) is 42.0 Å². The van der Waals surface area contributed by atoms with Crippen molar-refractivity contribution in [3.63, 3.8) is 0 Å². The summed E-state index contributed by atoms with van der Waals surface area (Å²) in [5.41, 5.74) is 12.4. The Kier molecular flexibility index (Phi) is 23.7. The fourth-order valence-electron chi connectivity index (χ4n) is 6.23. The van der Waals surface area contributed by atoms with Crippen molar-refractivity contribution in [3.8, 4) is 5.75 Å². The third-order valence-electron chi connectivity index (χ3n) is 10.2. The molecule has 26 heteroatoms. The predicted octanol–water partition coefficient (Wildman–Crippen LogP) is -5.50. The van der Waals surface area contributed by atoms with Crippen LogP contribution in [0.25, 0.3) is 0 Å². The number of aliphatic hydroxyl groups is 2. The molecule has 9 amide bonds. The van der Waals surface area contributed by atoms with Crippen LogP contribution in [0.2, 0.25) is 0 Å². The van der Waals surface area contributed by atoms with Gasteiger partial charge in [-0.05, 0) is 42.5 Å². The van der Waals surface area contributed by atoms with Gasteiger partial charge >= 0.3 is 11.9 Å². The summed E-state index contributed by atoms with van der Waals surface area (Å²) in [6.45, 7) is 1.71. The zero-order valence-corrected chi connectivity index (χ0v) is 37.9. The second kappa shape index (κ2) is 28.5. The normalized spacial score (nSPS) is 14.8. The lowest BCUT2D eigenvalue weighted by molar-refractivity contribution is -0.147. The van der Waals surface area contributed by atoms with E-state index in [4.69, 9.17) is 16.6 Å². The number of benzene rings is 2. The van der Waals surface area contributed by atoms with E-state index in [-0.39, 0.29) is 25.0 Å². The molecule has 2 rings (SSSR count). The number of phenols is 1. The molecule has 9 atom stereocenters. The highest BCUT2D eigenvalue weighted by Crippen LogP contribution is 2.12. The summed E-state index contributed by atoms with van der Waals surface area (Å²) < 4.78 is 0. The van der Waals surface area contributed by atoms with Gasteiger partial charge in [0.05, 0.1) is 44.7 Å². The Morgan fingerprint density at radius 3 is 1.61 bits per heavy atom. The second-order valence-electron chi connectivity index (χ2n) is 15.9. The summed E-state index contributed by atoms with van der Waals surface area (Å²) in [5.74, 6) is -13.1. The summed E-state index contributed by atoms with van der Waals surface area (Å²) in [4.78, 5) is 140. The van der Waals surface area contributed by atoms with Crippen LogP contribution in [0.4, 0.5) is 0 Å². The maximum Gasteiger partial charge on any atom is 0.326 e. The number of rotatable bonds is 29. The summed E-state index contributed by atoms with van der Waals surface area (Å²) >= 11 is 0. The first-order chi connectivity index (χ1) is 32.4. The van der Waals surface area contributed by atoms with E-state index >= 15 is 0 Å². The number of aliphatic hydroxyl groups excluding tert-OH is 2. The van der Waals surface area contributed by atoms with E-state index in [0.717, 1.165) is 6.92 Å². The number of aliphatic carboxylic acids is 2. The Balaban J connectivity index is 2.07. The molecule has 0 aliphatic heterocycles. The Morgan fingerprint density at radius 2 is 1.09 bits per heavy atom. The first-order valence-electron chi connectivity index (χ1n) is 21.4. The van der Waals surface area contributed by atoms with E-state index in [1.54, 1.807) is 44.2 Å². The first-order valence-corrected chi connectivity index (χ1v) is 21.4. The van der Waals surface area contributed by atoms with Gasteiger partial charge in [-0.3, -0.25) is 47.9 Å². The average molecular weight is 973 g/mol. The Bertz CT molecular complexity index is 2140. The van der Waals surface area contributed by atoms with E-state index in [9.17, 15) is 73.2 Å². The lowest BCUT2D eigenvalue weighted by atomic mass is 9.97. The summed E-state index contributed by atoms with van der Waals surface area (Å²) in [7, 11) is 0. The molecule has 0 aromatic heterocycles. The van der Waals surface area contributed by atoms with E-state index < -0.39 is 152 Å². The molecule has 0 aliphatic carbocycles. The minimum atomic E-state index is -1.84. The van der Waals surface area contributed by atoms with E-state index in [0.29, 0.717) is 11.1 Å². The number of amides is 9. The van der Waals surface area contributed by atoms with Crippen molar-refractivity contribution in [1.29, 1.82) is 0 Å². The zero-order chi connectivity index (χ0) is 52.0. The second-order valence-corrected chi connectivity index (χ2v) is 15.9. The number of primary amides is 1. The molecule has 0 spiro atoms. The van der Waals surface area contributed by atoms with Crippen molar-refractivity contribution in [2.45, 2.75) is 101 Å². The van der Waals surface area contributed by atoms with Crippen LogP contribution >= 0.6 is 0 Å². The minimum absolute atomic E-state index is 0.0153. The van der Waals surface area contributed by atoms with E-state index in [2.05, 4.69) is 42.5 Å². The van der Waals surface area contributed by atoms with E-state index in [1.807, 2.05) is 0 Å². The molecular formula is C43H60N10O16. The van der Waals surface area contributed by atoms with Crippen molar-refractivity contribution < 1.29 is 78.3 Å². The number of hydrogen-bond donors (Lipinski definition) is 15. The number of aromatic hydroxyl groups is 1. The van der Waals surface area contributed by atoms with Crippen LogP contribution in [0.3, 0.4) is 0 Å². The molecule has 69 heavy (non-hydrogen) atoms. The predicted molar refractivity (Wildman–Crippen MR) is 239 cm³/mol. The van der Waals surface area contributed by atoms with Gasteiger partial charge in [-0.15, -0.1) is 0 Å². The largest absolute Gasteiger partial charge is 0.508 e. The van der Waals surface area contributed by atoms with Gasteiger partial charge < -0.3 is 79.5 Å². The van der Waals surface area contributed by atoms with Crippen LogP contribution in [0, 0.1) is 5.92 Å². The molecule has 17 N–H and O–H groups in total. The lowest BCUT2D eigenvalue weighted by Crippen LogP contribution is -2.60. The quantitative estimate of drug-likeness (QED) is 0.0362. The van der Waals surface area contributed by atoms with Crippen LogP contribution in [0.1, 0.15) is 51.2 Å². The summed E-state index contributed by atoms with van der Waals surface area (Å²) in [6.07, 6.45) is -3.27. The Hall–Kier alpha value is -7.71. The Labute approximate surface area is 395 Å². The molecule has 2 aromatic rings. The molecule has 378 valence electrons. The van der Waals surface area contributed by atoms with Gasteiger partial charge in [-0.2, -0.15) is 0 Å². The number of nitrogens with one attached hydrogen (secondary N) is 8. The first kappa shape index (κ1) is 57.4. The SMILES string of the molecule is CC[C@H](C)[C@H](NC(=O)[C@H](CC(N)=O)NC(=O)[C@H](CO)NC(=O)[C@@H](N)Cc1ccc(O)cc1)C(=O)NCC(=O)N[C@H](C(=O)NCC(=O)N[C@@H](Cc1ccccc1)C(=O)N[C@@H](CC(=O)O)C(=O)O)[C@@H](C)O. The molecule has 0 saturated heterocycles. The summed E-state index contributed by atoms with van der Waals surface area (Å²) in [5, 5.41) is 66.1. The van der Waals surface area contributed by atoms with Crippen LogP contribution in [0.15, 0.2) is 54.6 Å². The molecular weight excluding hydrogens is 913 g/mol. The van der Waals surface area contributed by atoms with Crippen molar-refractivity contribution in [2.75, 3.05) is 19.7 Å². The highest BCUT2D eigenvalue weighted by atomic mass is 16.4. The molecule has 0 saturated carbocycles. The van der Waals surface area contributed by atoms with Gasteiger partial charge in [-0.25, -0.2) is 4.79 Å². The molecule has 0 radical (unpaired) electrons. The zero-order valence-electron chi connectivity index (χ0n) is 37.9. The molecule has 0 unspecified atom stereocenters. The molecule has 2 aromatic carbocycles. The molecule has 0 aliphatic rings. The van der Waals surface area contributed by atoms with Crippen molar-refractivity contribution >= 4 is 65.1 Å². The molecule has 0 bridgehead atoms. The Morgan fingerprint density at radius 1 is 0.580 bits per heavy atom. The molecule has 26 nitrogen and oxygen atoms in total. The number of hydrogen-bond acceptors (Lipinski definition) is 15. The maximum absolute atomic E-state index is 13.5. The van der Waals surface area contributed by atoms with Gasteiger partial charge in [0, 0.05) is 6.42 Å².